The standard InChI is InChI=1S/C23H23ClN2O3S/c1-6-28-19-10-15(9-16(24)21(19)29-12(2)3)11-20-22(27)26-18-8-14(5)13(4)7-17(18)25-23(26)30-20/h7-12H,6H2,1-5H3/b20-11-. The Kier molecular flexibility index (Phi) is 5.47. The van der Waals surface area contributed by atoms with Gasteiger partial charge in [0.1, 0.15) is 0 Å². The van der Waals surface area contributed by atoms with E-state index in [0.29, 0.717) is 32.6 Å². The summed E-state index contributed by atoms with van der Waals surface area (Å²) in [5.74, 6) is 1.08. The minimum absolute atomic E-state index is 0.0322. The lowest BCUT2D eigenvalue weighted by Crippen LogP contribution is -2.22. The molecule has 2 heterocycles. The molecule has 0 aliphatic carbocycles. The Balaban J connectivity index is 1.88. The maximum absolute atomic E-state index is 13.1. The number of aryl methyl sites for hydroxylation is 2. The minimum atomic E-state index is -0.0858. The van der Waals surface area contributed by atoms with Gasteiger partial charge in [-0.25, -0.2) is 9.38 Å². The summed E-state index contributed by atoms with van der Waals surface area (Å²) in [6.07, 6.45) is 1.79. The summed E-state index contributed by atoms with van der Waals surface area (Å²) in [5.41, 5.74) is 4.66. The highest BCUT2D eigenvalue weighted by Crippen LogP contribution is 2.37. The van der Waals surface area contributed by atoms with Gasteiger partial charge < -0.3 is 9.47 Å². The number of aromatic nitrogens is 2. The van der Waals surface area contributed by atoms with Gasteiger partial charge in [0.05, 0.1) is 33.3 Å². The van der Waals surface area contributed by atoms with Crippen molar-refractivity contribution in [3.63, 3.8) is 0 Å². The molecule has 7 heteroatoms. The van der Waals surface area contributed by atoms with Crippen molar-refractivity contribution >= 4 is 45.0 Å². The second kappa shape index (κ2) is 7.93. The van der Waals surface area contributed by atoms with Gasteiger partial charge in [-0.05, 0) is 81.7 Å². The highest BCUT2D eigenvalue weighted by molar-refractivity contribution is 7.15. The van der Waals surface area contributed by atoms with Gasteiger partial charge in [-0.3, -0.25) is 4.79 Å². The van der Waals surface area contributed by atoms with Gasteiger partial charge in [-0.15, -0.1) is 0 Å². The van der Waals surface area contributed by atoms with Crippen molar-refractivity contribution in [2.24, 2.45) is 0 Å². The maximum atomic E-state index is 13.1. The molecule has 0 amide bonds. The van der Waals surface area contributed by atoms with Crippen LogP contribution in [0.3, 0.4) is 0 Å². The molecule has 0 unspecified atom stereocenters. The van der Waals surface area contributed by atoms with Crippen molar-refractivity contribution in [2.75, 3.05) is 6.61 Å². The van der Waals surface area contributed by atoms with E-state index in [1.165, 1.54) is 11.3 Å². The van der Waals surface area contributed by atoms with E-state index >= 15 is 0 Å². The molecule has 2 aromatic carbocycles. The number of rotatable bonds is 5. The van der Waals surface area contributed by atoms with Crippen molar-refractivity contribution in [3.8, 4) is 11.5 Å². The number of ether oxygens (including phenoxy) is 2. The predicted molar refractivity (Wildman–Crippen MR) is 123 cm³/mol. The summed E-state index contributed by atoms with van der Waals surface area (Å²) in [4.78, 5) is 18.5. The molecule has 0 fully saturated rings. The maximum Gasteiger partial charge on any atom is 0.274 e. The van der Waals surface area contributed by atoms with E-state index in [2.05, 4.69) is 4.98 Å². The minimum Gasteiger partial charge on any atom is -0.490 e. The number of nitrogens with zero attached hydrogens (tertiary/aromatic N) is 2. The van der Waals surface area contributed by atoms with Crippen LogP contribution in [0.25, 0.3) is 22.1 Å². The van der Waals surface area contributed by atoms with Crippen molar-refractivity contribution in [2.45, 2.75) is 40.7 Å². The van der Waals surface area contributed by atoms with E-state index in [-0.39, 0.29) is 11.7 Å². The lowest BCUT2D eigenvalue weighted by Gasteiger charge is -2.16. The molecule has 4 rings (SSSR count). The number of hydrogen-bond acceptors (Lipinski definition) is 5. The Morgan fingerprint density at radius 3 is 2.63 bits per heavy atom. The zero-order valence-electron chi connectivity index (χ0n) is 17.6. The van der Waals surface area contributed by atoms with Crippen molar-refractivity contribution in [3.05, 3.63) is 60.9 Å². The average Bonchev–Trinajstić information content (AvgIpc) is 3.15. The molecule has 0 radical (unpaired) electrons. The molecule has 0 saturated heterocycles. The lowest BCUT2D eigenvalue weighted by molar-refractivity contribution is 0.224. The molecule has 0 spiro atoms. The molecule has 0 aliphatic rings. The number of halogens is 1. The average molecular weight is 443 g/mol. The topological polar surface area (TPSA) is 52.8 Å². The Morgan fingerprint density at radius 1 is 1.20 bits per heavy atom. The Morgan fingerprint density at radius 2 is 1.93 bits per heavy atom. The summed E-state index contributed by atoms with van der Waals surface area (Å²) in [7, 11) is 0. The molecule has 0 N–H and O–H groups in total. The zero-order valence-corrected chi connectivity index (χ0v) is 19.1. The summed E-state index contributed by atoms with van der Waals surface area (Å²) < 4.78 is 13.8. The molecule has 0 bridgehead atoms. The number of benzene rings is 2. The van der Waals surface area contributed by atoms with Gasteiger partial charge in [0.2, 0.25) is 0 Å². The molecule has 2 aromatic heterocycles. The number of hydrogen-bond donors (Lipinski definition) is 0. The largest absolute Gasteiger partial charge is 0.490 e. The SMILES string of the molecule is CCOc1cc(/C=c2\sc3nc4cc(C)c(C)cc4n3c2=O)cc(Cl)c1OC(C)C. The third-order valence-corrected chi connectivity index (χ3v) is 6.09. The van der Waals surface area contributed by atoms with Crippen LogP contribution in [0, 0.1) is 13.8 Å². The number of imidazole rings is 1. The first kappa shape index (κ1) is 20.7. The van der Waals surface area contributed by atoms with E-state index in [1.807, 2.05) is 58.9 Å². The zero-order chi connectivity index (χ0) is 21.6. The fourth-order valence-corrected chi connectivity index (χ4v) is 4.60. The van der Waals surface area contributed by atoms with E-state index in [9.17, 15) is 4.79 Å². The predicted octanol–water partition coefficient (Wildman–Crippen LogP) is 4.91. The van der Waals surface area contributed by atoms with E-state index in [0.717, 1.165) is 27.7 Å². The van der Waals surface area contributed by atoms with Gasteiger partial charge >= 0.3 is 0 Å². The van der Waals surface area contributed by atoms with E-state index < -0.39 is 0 Å². The van der Waals surface area contributed by atoms with Gasteiger partial charge in [0.15, 0.2) is 16.5 Å². The van der Waals surface area contributed by atoms with Crippen LogP contribution in [-0.4, -0.2) is 22.1 Å². The van der Waals surface area contributed by atoms with E-state index in [4.69, 9.17) is 21.1 Å². The van der Waals surface area contributed by atoms with E-state index in [1.54, 1.807) is 10.5 Å². The molecular formula is C23H23ClN2O3S. The number of fused-ring (bicyclic) bond motifs is 3. The van der Waals surface area contributed by atoms with Crippen LogP contribution in [0.5, 0.6) is 11.5 Å². The van der Waals surface area contributed by atoms with Gasteiger partial charge in [0, 0.05) is 0 Å². The number of thiazole rings is 1. The van der Waals surface area contributed by atoms with Crippen LogP contribution in [0.2, 0.25) is 5.02 Å². The van der Waals surface area contributed by atoms with Crippen LogP contribution in [0.15, 0.2) is 29.1 Å². The fraction of sp³-hybridized carbons (Fsp3) is 0.304. The van der Waals surface area contributed by atoms with Crippen molar-refractivity contribution in [1.29, 1.82) is 0 Å². The first-order valence-corrected chi connectivity index (χ1v) is 11.0. The van der Waals surface area contributed by atoms with Crippen molar-refractivity contribution in [1.82, 2.24) is 9.38 Å². The Bertz CT molecular complexity index is 1370. The summed E-state index contributed by atoms with van der Waals surface area (Å²) in [5, 5.41) is 0.450. The molecule has 4 aromatic rings. The quantitative estimate of drug-likeness (QED) is 0.440. The molecule has 5 nitrogen and oxygen atoms in total. The van der Waals surface area contributed by atoms with Gasteiger partial charge in [-0.2, -0.15) is 0 Å². The second-order valence-electron chi connectivity index (χ2n) is 7.50. The summed E-state index contributed by atoms with van der Waals surface area (Å²) in [6.45, 7) is 10.3. The first-order valence-electron chi connectivity index (χ1n) is 9.85. The van der Waals surface area contributed by atoms with Gasteiger partial charge in [0.25, 0.3) is 5.56 Å². The molecule has 156 valence electrons. The molecule has 30 heavy (non-hydrogen) atoms. The highest BCUT2D eigenvalue weighted by atomic mass is 35.5. The van der Waals surface area contributed by atoms with Crippen LogP contribution in [0.1, 0.15) is 37.5 Å². The summed E-state index contributed by atoms with van der Waals surface area (Å²) >= 11 is 7.84. The Labute approximate surface area is 183 Å². The van der Waals surface area contributed by atoms with Crippen LogP contribution in [-0.2, 0) is 0 Å². The summed E-state index contributed by atoms with van der Waals surface area (Å²) in [6, 6.07) is 7.68. The molecule has 0 saturated carbocycles. The van der Waals surface area contributed by atoms with Crippen molar-refractivity contribution < 1.29 is 9.47 Å². The molecule has 0 aliphatic heterocycles. The van der Waals surface area contributed by atoms with Gasteiger partial charge in [-0.1, -0.05) is 22.9 Å². The molecule has 0 atom stereocenters. The van der Waals surface area contributed by atoms with Crippen LogP contribution >= 0.6 is 22.9 Å². The second-order valence-corrected chi connectivity index (χ2v) is 8.92. The highest BCUT2D eigenvalue weighted by Gasteiger charge is 2.15. The molecular weight excluding hydrogens is 420 g/mol. The third kappa shape index (κ3) is 3.66. The lowest BCUT2D eigenvalue weighted by atomic mass is 10.1. The third-order valence-electron chi connectivity index (χ3n) is 4.84. The fourth-order valence-electron chi connectivity index (χ4n) is 3.35. The Hall–Kier alpha value is -2.57. The monoisotopic (exact) mass is 442 g/mol. The normalized spacial score (nSPS) is 12.4. The smallest absolute Gasteiger partial charge is 0.274 e. The van der Waals surface area contributed by atoms with Crippen LogP contribution in [0.4, 0.5) is 0 Å². The van der Waals surface area contributed by atoms with Crippen LogP contribution < -0.4 is 19.6 Å². The first-order chi connectivity index (χ1) is 14.3.